The Hall–Kier alpha value is -3.11. The minimum absolute atomic E-state index is 0.397. The van der Waals surface area contributed by atoms with Crippen molar-refractivity contribution in [1.82, 2.24) is 9.55 Å². The van der Waals surface area contributed by atoms with Gasteiger partial charge in [-0.05, 0) is 48.0 Å². The van der Waals surface area contributed by atoms with Gasteiger partial charge in [0.25, 0.3) is 0 Å². The molecule has 0 aliphatic rings. The number of quaternary nitrogens is 1. The number of fused-ring (bicyclic) bond motifs is 1. The number of hydrogen-bond donors (Lipinski definition) is 1. The predicted octanol–water partition coefficient (Wildman–Crippen LogP) is 3.86. The highest BCUT2D eigenvalue weighted by atomic mass is 16.5. The Balaban J connectivity index is 1.42. The van der Waals surface area contributed by atoms with Crippen LogP contribution in [0.5, 0.6) is 5.75 Å². The first-order valence-electron chi connectivity index (χ1n) is 9.21. The number of hydrogen-bond acceptors (Lipinski definition) is 2. The van der Waals surface area contributed by atoms with E-state index in [1.807, 2.05) is 23.2 Å². The summed E-state index contributed by atoms with van der Waals surface area (Å²) < 4.78 is 7.32. The van der Waals surface area contributed by atoms with Gasteiger partial charge < -0.3 is 14.6 Å². The molecule has 0 unspecified atom stereocenters. The average molecular weight is 358 g/mol. The maximum Gasteiger partial charge on any atom is 0.119 e. The summed E-state index contributed by atoms with van der Waals surface area (Å²) in [5.74, 6) is 0.898. The first kappa shape index (κ1) is 17.3. The van der Waals surface area contributed by atoms with Crippen molar-refractivity contribution in [3.63, 3.8) is 0 Å². The van der Waals surface area contributed by atoms with E-state index in [9.17, 15) is 0 Å². The number of nitrogens with zero attached hydrogens (tertiary/aromatic N) is 2. The number of benzene rings is 3. The highest BCUT2D eigenvalue weighted by Crippen LogP contribution is 2.21. The van der Waals surface area contributed by atoms with Gasteiger partial charge in [-0.3, -0.25) is 0 Å². The van der Waals surface area contributed by atoms with Crippen LogP contribution in [0.4, 0.5) is 0 Å². The van der Waals surface area contributed by atoms with Crippen molar-refractivity contribution in [3.05, 3.63) is 90.5 Å². The van der Waals surface area contributed by atoms with Crippen LogP contribution in [-0.2, 0) is 6.54 Å². The molecule has 0 aliphatic heterocycles. The molecule has 4 rings (SSSR count). The molecule has 27 heavy (non-hydrogen) atoms. The fraction of sp³-hybridized carbons (Fsp3) is 0.174. The van der Waals surface area contributed by atoms with Crippen LogP contribution >= 0.6 is 0 Å². The van der Waals surface area contributed by atoms with E-state index in [0.717, 1.165) is 18.0 Å². The third kappa shape index (κ3) is 3.86. The average Bonchev–Trinajstić information content (AvgIpc) is 3.26. The van der Waals surface area contributed by atoms with E-state index in [-0.39, 0.29) is 0 Å². The van der Waals surface area contributed by atoms with E-state index >= 15 is 0 Å². The maximum atomic E-state index is 5.30. The second kappa shape index (κ2) is 7.64. The van der Waals surface area contributed by atoms with Crippen LogP contribution < -0.4 is 10.1 Å². The molecule has 2 N–H and O–H groups in total. The van der Waals surface area contributed by atoms with Crippen molar-refractivity contribution in [2.75, 3.05) is 7.11 Å². The largest absolute Gasteiger partial charge is 0.497 e. The molecule has 4 nitrogen and oxygen atoms in total. The lowest BCUT2D eigenvalue weighted by molar-refractivity contribution is -0.707. The minimum atomic E-state index is 0.397. The van der Waals surface area contributed by atoms with Gasteiger partial charge in [0.15, 0.2) is 0 Å². The Morgan fingerprint density at radius 1 is 1.00 bits per heavy atom. The summed E-state index contributed by atoms with van der Waals surface area (Å²) in [7, 11) is 1.70. The molecule has 0 saturated heterocycles. The lowest BCUT2D eigenvalue weighted by Crippen LogP contribution is -2.83. The van der Waals surface area contributed by atoms with Crippen LogP contribution in [0.25, 0.3) is 16.5 Å². The third-order valence-corrected chi connectivity index (χ3v) is 5.04. The van der Waals surface area contributed by atoms with Gasteiger partial charge in [0, 0.05) is 29.2 Å². The zero-order chi connectivity index (χ0) is 18.6. The summed E-state index contributed by atoms with van der Waals surface area (Å²) in [6.07, 6.45) is 5.57. The van der Waals surface area contributed by atoms with Crippen molar-refractivity contribution in [2.45, 2.75) is 19.5 Å². The predicted molar refractivity (Wildman–Crippen MR) is 108 cm³/mol. The second-order valence-corrected chi connectivity index (χ2v) is 6.84. The lowest BCUT2D eigenvalue weighted by atomic mass is 10.1. The summed E-state index contributed by atoms with van der Waals surface area (Å²) >= 11 is 0. The molecular weight excluding hydrogens is 334 g/mol. The molecule has 4 aromatic rings. The quantitative estimate of drug-likeness (QED) is 0.569. The molecule has 0 aliphatic carbocycles. The van der Waals surface area contributed by atoms with Crippen LogP contribution in [-0.4, -0.2) is 16.7 Å². The van der Waals surface area contributed by atoms with Crippen molar-refractivity contribution in [1.29, 1.82) is 0 Å². The van der Waals surface area contributed by atoms with Gasteiger partial charge >= 0.3 is 0 Å². The van der Waals surface area contributed by atoms with Gasteiger partial charge in [-0.2, -0.15) is 0 Å². The first-order valence-corrected chi connectivity index (χ1v) is 9.21. The van der Waals surface area contributed by atoms with Crippen molar-refractivity contribution < 1.29 is 10.1 Å². The number of ether oxygens (including phenoxy) is 1. The van der Waals surface area contributed by atoms with Crippen molar-refractivity contribution in [2.24, 2.45) is 0 Å². The van der Waals surface area contributed by atoms with Crippen molar-refractivity contribution in [3.8, 4) is 11.4 Å². The molecule has 136 valence electrons. The molecule has 0 spiro atoms. The fourth-order valence-electron chi connectivity index (χ4n) is 3.34. The van der Waals surface area contributed by atoms with Gasteiger partial charge in [0.2, 0.25) is 0 Å². The van der Waals surface area contributed by atoms with Crippen LogP contribution in [0, 0.1) is 0 Å². The zero-order valence-electron chi connectivity index (χ0n) is 15.7. The topological polar surface area (TPSA) is 43.7 Å². The fourth-order valence-corrected chi connectivity index (χ4v) is 3.34. The highest BCUT2D eigenvalue weighted by Gasteiger charge is 2.09. The normalized spacial score (nSPS) is 12.2. The zero-order valence-corrected chi connectivity index (χ0v) is 15.7. The molecule has 1 heterocycles. The van der Waals surface area contributed by atoms with E-state index in [1.54, 1.807) is 13.3 Å². The van der Waals surface area contributed by atoms with Gasteiger partial charge in [-0.25, -0.2) is 4.98 Å². The summed E-state index contributed by atoms with van der Waals surface area (Å²) in [5.41, 5.74) is 3.78. The first-order chi connectivity index (χ1) is 13.2. The van der Waals surface area contributed by atoms with Crippen LogP contribution in [0.1, 0.15) is 24.1 Å². The third-order valence-electron chi connectivity index (χ3n) is 5.04. The Labute approximate surface area is 159 Å². The minimum Gasteiger partial charge on any atom is -0.497 e. The lowest BCUT2D eigenvalue weighted by Gasteiger charge is -2.13. The summed E-state index contributed by atoms with van der Waals surface area (Å²) in [6.45, 7) is 3.20. The molecule has 0 bridgehead atoms. The van der Waals surface area contributed by atoms with Gasteiger partial charge in [-0.1, -0.05) is 30.3 Å². The summed E-state index contributed by atoms with van der Waals surface area (Å²) in [5, 5.41) is 4.83. The SMILES string of the molecule is COc1ccc2cc(C[NH2+][C@H](C)c3ccc(-n4ccnc4)cc3)ccc2c1. The maximum absolute atomic E-state index is 5.30. The number of imidazole rings is 1. The Morgan fingerprint density at radius 3 is 2.52 bits per heavy atom. The molecule has 0 radical (unpaired) electrons. The van der Waals surface area contributed by atoms with Crippen LogP contribution in [0.2, 0.25) is 0 Å². The van der Waals surface area contributed by atoms with Gasteiger partial charge in [0.05, 0.1) is 13.4 Å². The number of methoxy groups -OCH3 is 1. The Kier molecular flexibility index (Phi) is 4.90. The highest BCUT2D eigenvalue weighted by molar-refractivity contribution is 5.84. The molecule has 3 aromatic carbocycles. The van der Waals surface area contributed by atoms with E-state index in [2.05, 4.69) is 71.8 Å². The Bertz CT molecular complexity index is 1020. The van der Waals surface area contributed by atoms with Gasteiger partial charge in [-0.15, -0.1) is 0 Å². The summed E-state index contributed by atoms with van der Waals surface area (Å²) in [4.78, 5) is 4.10. The number of rotatable bonds is 6. The number of aromatic nitrogens is 2. The number of nitrogens with two attached hydrogens (primary N) is 1. The molecule has 0 amide bonds. The molecule has 0 fully saturated rings. The molecule has 0 saturated carbocycles. The molecule has 1 atom stereocenters. The van der Waals surface area contributed by atoms with Crippen molar-refractivity contribution >= 4 is 10.8 Å². The van der Waals surface area contributed by atoms with E-state index < -0.39 is 0 Å². The molecule has 4 heteroatoms. The molecule has 1 aromatic heterocycles. The van der Waals surface area contributed by atoms with E-state index in [0.29, 0.717) is 6.04 Å². The van der Waals surface area contributed by atoms with E-state index in [1.165, 1.54) is 21.9 Å². The summed E-state index contributed by atoms with van der Waals surface area (Å²) in [6, 6.07) is 21.9. The van der Waals surface area contributed by atoms with Crippen LogP contribution in [0.15, 0.2) is 79.4 Å². The Morgan fingerprint density at radius 2 is 1.78 bits per heavy atom. The van der Waals surface area contributed by atoms with Crippen LogP contribution in [0.3, 0.4) is 0 Å². The van der Waals surface area contributed by atoms with Gasteiger partial charge in [0.1, 0.15) is 18.3 Å². The standard InChI is InChI=1S/C23H23N3O/c1-17(19-5-8-22(9-6-19)26-12-11-24-16-26)25-15-18-3-4-21-14-23(27-2)10-7-20(21)13-18/h3-14,16-17,25H,15H2,1-2H3/p+1/t17-/m1/s1. The smallest absolute Gasteiger partial charge is 0.119 e. The monoisotopic (exact) mass is 358 g/mol. The molecular formula is C23H24N3O+. The van der Waals surface area contributed by atoms with E-state index in [4.69, 9.17) is 4.74 Å². The second-order valence-electron chi connectivity index (χ2n) is 6.84.